The molecule has 1 aromatic rings. The largest absolute Gasteiger partial charge is 0.316 e. The van der Waals surface area contributed by atoms with E-state index in [1.165, 1.54) is 31.6 Å². The average Bonchev–Trinajstić information content (AvgIpc) is 3.05. The van der Waals surface area contributed by atoms with Gasteiger partial charge in [-0.25, -0.2) is 0 Å². The third kappa shape index (κ3) is 2.53. The van der Waals surface area contributed by atoms with Gasteiger partial charge >= 0.3 is 0 Å². The van der Waals surface area contributed by atoms with Crippen LogP contribution in [0.3, 0.4) is 0 Å². The molecule has 2 fully saturated rings. The molecule has 2 heteroatoms. The fraction of sp³-hybridized carbons (Fsp3) is 0.600. The molecule has 1 saturated heterocycles. The molecule has 0 amide bonds. The van der Waals surface area contributed by atoms with Crippen LogP contribution in [0.15, 0.2) is 30.3 Å². The third-order valence-corrected chi connectivity index (χ3v) is 4.34. The Balaban J connectivity index is 1.43. The predicted molar refractivity (Wildman–Crippen MR) is 71.1 cm³/mol. The molecule has 1 aromatic carbocycles. The van der Waals surface area contributed by atoms with Gasteiger partial charge in [-0.05, 0) is 43.5 Å². The number of hydrogen-bond donors (Lipinski definition) is 2. The number of nitrogens with one attached hydrogen (secondary N) is 2. The predicted octanol–water partition coefficient (Wildman–Crippen LogP) is 1.99. The molecule has 3 rings (SSSR count). The van der Waals surface area contributed by atoms with Gasteiger partial charge in [0.05, 0.1) is 0 Å². The summed E-state index contributed by atoms with van der Waals surface area (Å²) in [5.74, 6) is 2.48. The van der Waals surface area contributed by atoms with Crippen molar-refractivity contribution in [3.05, 3.63) is 35.9 Å². The van der Waals surface area contributed by atoms with E-state index in [4.69, 9.17) is 0 Å². The van der Waals surface area contributed by atoms with Crippen LogP contribution in [0.25, 0.3) is 0 Å². The van der Waals surface area contributed by atoms with Gasteiger partial charge < -0.3 is 10.6 Å². The van der Waals surface area contributed by atoms with Gasteiger partial charge in [-0.1, -0.05) is 37.3 Å². The van der Waals surface area contributed by atoms with Crippen molar-refractivity contribution in [2.45, 2.75) is 25.3 Å². The monoisotopic (exact) mass is 230 g/mol. The van der Waals surface area contributed by atoms with E-state index >= 15 is 0 Å². The molecular weight excluding hydrogens is 208 g/mol. The van der Waals surface area contributed by atoms with Gasteiger partial charge in [0.1, 0.15) is 0 Å². The second kappa shape index (κ2) is 4.79. The van der Waals surface area contributed by atoms with Crippen molar-refractivity contribution in [3.8, 4) is 0 Å². The van der Waals surface area contributed by atoms with Crippen molar-refractivity contribution in [2.24, 2.45) is 11.8 Å². The second-order valence-corrected chi connectivity index (χ2v) is 5.66. The zero-order chi connectivity index (χ0) is 11.7. The molecule has 0 bridgehead atoms. The first-order chi connectivity index (χ1) is 8.34. The highest BCUT2D eigenvalue weighted by atomic mass is 15.0. The lowest BCUT2D eigenvalue weighted by Crippen LogP contribution is -2.47. The van der Waals surface area contributed by atoms with E-state index in [-0.39, 0.29) is 0 Å². The maximum Gasteiger partial charge on any atom is 0.0143 e. The Morgan fingerprint density at radius 3 is 2.71 bits per heavy atom. The standard InChI is InChI=1S/C15H22N2/c1-11(13-9-16-10-13)8-17-15-7-14(15)12-5-3-2-4-6-12/h2-6,11,13-17H,7-10H2,1H3. The molecule has 2 N–H and O–H groups in total. The molecule has 92 valence electrons. The van der Waals surface area contributed by atoms with Crippen LogP contribution in [0.5, 0.6) is 0 Å². The van der Waals surface area contributed by atoms with Crippen LogP contribution in [0, 0.1) is 11.8 Å². The van der Waals surface area contributed by atoms with Gasteiger partial charge in [0.15, 0.2) is 0 Å². The fourth-order valence-corrected chi connectivity index (χ4v) is 2.71. The molecule has 2 aliphatic rings. The molecule has 17 heavy (non-hydrogen) atoms. The lowest BCUT2D eigenvalue weighted by Gasteiger charge is -2.32. The van der Waals surface area contributed by atoms with Crippen LogP contribution in [0.4, 0.5) is 0 Å². The highest BCUT2D eigenvalue weighted by Crippen LogP contribution is 2.40. The minimum atomic E-state index is 0.730. The smallest absolute Gasteiger partial charge is 0.0143 e. The van der Waals surface area contributed by atoms with E-state index in [0.29, 0.717) is 0 Å². The summed E-state index contributed by atoms with van der Waals surface area (Å²) in [6, 6.07) is 11.6. The van der Waals surface area contributed by atoms with Crippen LogP contribution in [-0.2, 0) is 0 Å². The van der Waals surface area contributed by atoms with E-state index in [1.807, 2.05) is 0 Å². The molecule has 1 aliphatic carbocycles. The Bertz CT molecular complexity index is 358. The average molecular weight is 230 g/mol. The summed E-state index contributed by atoms with van der Waals surface area (Å²) in [6.07, 6.45) is 1.32. The van der Waals surface area contributed by atoms with Crippen LogP contribution >= 0.6 is 0 Å². The van der Waals surface area contributed by atoms with E-state index in [9.17, 15) is 0 Å². The van der Waals surface area contributed by atoms with Gasteiger partial charge in [0.25, 0.3) is 0 Å². The molecule has 1 heterocycles. The summed E-state index contributed by atoms with van der Waals surface area (Å²) in [4.78, 5) is 0. The molecule has 0 aromatic heterocycles. The normalized spacial score (nSPS) is 29.7. The van der Waals surface area contributed by atoms with Crippen LogP contribution < -0.4 is 10.6 Å². The molecule has 3 unspecified atom stereocenters. The first-order valence-electron chi connectivity index (χ1n) is 6.83. The zero-order valence-corrected chi connectivity index (χ0v) is 10.5. The van der Waals surface area contributed by atoms with Crippen molar-refractivity contribution in [1.82, 2.24) is 10.6 Å². The summed E-state index contributed by atoms with van der Waals surface area (Å²) < 4.78 is 0. The molecule has 1 saturated carbocycles. The first kappa shape index (κ1) is 11.2. The third-order valence-electron chi connectivity index (χ3n) is 4.34. The van der Waals surface area contributed by atoms with Gasteiger partial charge in [-0.15, -0.1) is 0 Å². The summed E-state index contributed by atoms with van der Waals surface area (Å²) in [5, 5.41) is 7.08. The van der Waals surface area contributed by atoms with E-state index in [2.05, 4.69) is 47.9 Å². The Morgan fingerprint density at radius 1 is 1.29 bits per heavy atom. The highest BCUT2D eigenvalue weighted by molar-refractivity contribution is 5.27. The Morgan fingerprint density at radius 2 is 2.06 bits per heavy atom. The highest BCUT2D eigenvalue weighted by Gasteiger charge is 2.38. The zero-order valence-electron chi connectivity index (χ0n) is 10.5. The molecule has 3 atom stereocenters. The van der Waals surface area contributed by atoms with Crippen LogP contribution in [0.1, 0.15) is 24.8 Å². The van der Waals surface area contributed by atoms with E-state index in [1.54, 1.807) is 0 Å². The van der Waals surface area contributed by atoms with E-state index in [0.717, 1.165) is 23.8 Å². The SMILES string of the molecule is CC(CNC1CC1c1ccccc1)C1CNC1. The number of benzene rings is 1. The fourth-order valence-electron chi connectivity index (χ4n) is 2.71. The van der Waals surface area contributed by atoms with Gasteiger partial charge in [-0.3, -0.25) is 0 Å². The topological polar surface area (TPSA) is 24.1 Å². The molecular formula is C15H22N2. The lowest BCUT2D eigenvalue weighted by atomic mass is 9.89. The van der Waals surface area contributed by atoms with E-state index < -0.39 is 0 Å². The Kier molecular flexibility index (Phi) is 3.17. The summed E-state index contributed by atoms with van der Waals surface area (Å²) in [6.45, 7) is 5.99. The van der Waals surface area contributed by atoms with Crippen LogP contribution in [-0.4, -0.2) is 25.7 Å². The van der Waals surface area contributed by atoms with Gasteiger partial charge in [-0.2, -0.15) is 0 Å². The van der Waals surface area contributed by atoms with Gasteiger partial charge in [0, 0.05) is 12.0 Å². The first-order valence-corrected chi connectivity index (χ1v) is 6.83. The van der Waals surface area contributed by atoms with Crippen molar-refractivity contribution in [3.63, 3.8) is 0 Å². The minimum absolute atomic E-state index is 0.730. The van der Waals surface area contributed by atoms with Crippen molar-refractivity contribution < 1.29 is 0 Å². The molecule has 0 radical (unpaired) electrons. The molecule has 2 nitrogen and oxygen atoms in total. The summed E-state index contributed by atoms with van der Waals surface area (Å²) in [7, 11) is 0. The van der Waals surface area contributed by atoms with Crippen molar-refractivity contribution in [1.29, 1.82) is 0 Å². The second-order valence-electron chi connectivity index (χ2n) is 5.66. The van der Waals surface area contributed by atoms with Gasteiger partial charge in [0.2, 0.25) is 0 Å². The van der Waals surface area contributed by atoms with Crippen LogP contribution in [0.2, 0.25) is 0 Å². The summed E-state index contributed by atoms with van der Waals surface area (Å²) in [5.41, 5.74) is 1.50. The van der Waals surface area contributed by atoms with Crippen molar-refractivity contribution >= 4 is 0 Å². The Hall–Kier alpha value is -0.860. The van der Waals surface area contributed by atoms with Crippen molar-refractivity contribution in [2.75, 3.05) is 19.6 Å². The lowest BCUT2D eigenvalue weighted by molar-refractivity contribution is 0.242. The minimum Gasteiger partial charge on any atom is -0.316 e. The maximum absolute atomic E-state index is 3.73. The number of rotatable bonds is 5. The number of hydrogen-bond acceptors (Lipinski definition) is 2. The molecule has 1 aliphatic heterocycles. The quantitative estimate of drug-likeness (QED) is 0.808. The summed E-state index contributed by atoms with van der Waals surface area (Å²) >= 11 is 0. The molecule has 0 spiro atoms. The maximum atomic E-state index is 3.73. The Labute approximate surface area is 104 Å².